The standard InChI is InChI=1S/C35H29N/c1-24-18-21-30(22-19-24)36(29-15-5-4-6-16-29)32-23-20-28-13-8-11-26(3)34(28)35(32)31-17-9-14-27-12-7-10-25(2)33(27)31/h4-23H,1-3H3. The zero-order valence-corrected chi connectivity index (χ0v) is 21.0. The van der Waals surface area contributed by atoms with Crippen molar-refractivity contribution in [3.8, 4) is 11.1 Å². The molecule has 1 nitrogen and oxygen atoms in total. The molecular weight excluding hydrogens is 434 g/mol. The third-order valence-electron chi connectivity index (χ3n) is 7.16. The minimum absolute atomic E-state index is 1.15. The van der Waals surface area contributed by atoms with E-state index in [1.807, 2.05) is 0 Å². The minimum Gasteiger partial charge on any atom is -0.310 e. The van der Waals surface area contributed by atoms with E-state index in [9.17, 15) is 0 Å². The maximum Gasteiger partial charge on any atom is 0.0546 e. The summed E-state index contributed by atoms with van der Waals surface area (Å²) >= 11 is 0. The molecule has 0 aromatic heterocycles. The Bertz CT molecular complexity index is 1690. The summed E-state index contributed by atoms with van der Waals surface area (Å²) in [6.07, 6.45) is 0. The highest BCUT2D eigenvalue weighted by atomic mass is 15.1. The van der Waals surface area contributed by atoms with Crippen molar-refractivity contribution in [1.82, 2.24) is 0 Å². The normalized spacial score (nSPS) is 11.2. The SMILES string of the molecule is Cc1ccc(N(c2ccccc2)c2ccc3cccc(C)c3c2-c2cccc3cccc(C)c23)cc1. The molecule has 6 rings (SSSR count). The van der Waals surface area contributed by atoms with Crippen LogP contribution in [0.1, 0.15) is 16.7 Å². The molecule has 0 bridgehead atoms. The third-order valence-corrected chi connectivity index (χ3v) is 7.16. The van der Waals surface area contributed by atoms with Crippen LogP contribution in [-0.2, 0) is 0 Å². The Hall–Kier alpha value is -4.36. The highest BCUT2D eigenvalue weighted by Crippen LogP contribution is 2.47. The largest absolute Gasteiger partial charge is 0.310 e. The fourth-order valence-corrected chi connectivity index (χ4v) is 5.45. The van der Waals surface area contributed by atoms with Gasteiger partial charge in [-0.3, -0.25) is 0 Å². The summed E-state index contributed by atoms with van der Waals surface area (Å²) in [5.74, 6) is 0. The van der Waals surface area contributed by atoms with Gasteiger partial charge in [-0.15, -0.1) is 0 Å². The van der Waals surface area contributed by atoms with E-state index in [-0.39, 0.29) is 0 Å². The van der Waals surface area contributed by atoms with Gasteiger partial charge >= 0.3 is 0 Å². The molecule has 0 saturated heterocycles. The van der Waals surface area contributed by atoms with Crippen LogP contribution < -0.4 is 4.90 Å². The molecule has 0 radical (unpaired) electrons. The summed E-state index contributed by atoms with van der Waals surface area (Å²) in [7, 11) is 0. The highest BCUT2D eigenvalue weighted by molar-refractivity contribution is 6.13. The van der Waals surface area contributed by atoms with Gasteiger partial charge in [-0.05, 0) is 89.3 Å². The highest BCUT2D eigenvalue weighted by Gasteiger charge is 2.21. The van der Waals surface area contributed by atoms with E-state index >= 15 is 0 Å². The van der Waals surface area contributed by atoms with Crippen LogP contribution in [0.25, 0.3) is 32.7 Å². The molecule has 0 aliphatic carbocycles. The van der Waals surface area contributed by atoms with Crippen LogP contribution in [0.5, 0.6) is 0 Å². The van der Waals surface area contributed by atoms with Crippen molar-refractivity contribution in [2.24, 2.45) is 0 Å². The van der Waals surface area contributed by atoms with Crippen molar-refractivity contribution in [2.75, 3.05) is 4.90 Å². The smallest absolute Gasteiger partial charge is 0.0546 e. The van der Waals surface area contributed by atoms with Crippen LogP contribution in [0.3, 0.4) is 0 Å². The van der Waals surface area contributed by atoms with Crippen LogP contribution >= 0.6 is 0 Å². The molecule has 0 aliphatic heterocycles. The summed E-state index contributed by atoms with van der Waals surface area (Å²) in [6.45, 7) is 6.59. The Morgan fingerprint density at radius 3 is 1.72 bits per heavy atom. The molecule has 0 heterocycles. The topological polar surface area (TPSA) is 3.24 Å². The van der Waals surface area contributed by atoms with Gasteiger partial charge in [0.1, 0.15) is 0 Å². The number of fused-ring (bicyclic) bond motifs is 2. The Balaban J connectivity index is 1.77. The van der Waals surface area contributed by atoms with Crippen molar-refractivity contribution in [3.63, 3.8) is 0 Å². The number of hydrogen-bond donors (Lipinski definition) is 0. The van der Waals surface area contributed by atoms with Crippen LogP contribution in [0.2, 0.25) is 0 Å². The molecule has 174 valence electrons. The fraction of sp³-hybridized carbons (Fsp3) is 0.0857. The first-order chi connectivity index (χ1) is 17.6. The van der Waals surface area contributed by atoms with E-state index in [4.69, 9.17) is 0 Å². The lowest BCUT2D eigenvalue weighted by atomic mass is 9.88. The lowest BCUT2D eigenvalue weighted by Crippen LogP contribution is -2.11. The lowest BCUT2D eigenvalue weighted by molar-refractivity contribution is 1.28. The van der Waals surface area contributed by atoms with Gasteiger partial charge in [0, 0.05) is 16.9 Å². The van der Waals surface area contributed by atoms with Crippen LogP contribution in [0.4, 0.5) is 17.1 Å². The predicted molar refractivity (Wildman–Crippen MR) is 156 cm³/mol. The van der Waals surface area contributed by atoms with E-state index in [0.717, 1.165) is 11.4 Å². The van der Waals surface area contributed by atoms with Crippen molar-refractivity contribution >= 4 is 38.6 Å². The predicted octanol–water partition coefficient (Wildman–Crippen LogP) is 10.1. The molecule has 6 aromatic rings. The Kier molecular flexibility index (Phi) is 5.54. The molecule has 6 aromatic carbocycles. The third kappa shape index (κ3) is 3.74. The van der Waals surface area contributed by atoms with Gasteiger partial charge in [-0.1, -0.05) is 96.6 Å². The maximum atomic E-state index is 2.40. The summed E-state index contributed by atoms with van der Waals surface area (Å²) in [5.41, 5.74) is 9.86. The monoisotopic (exact) mass is 463 g/mol. The summed E-state index contributed by atoms with van der Waals surface area (Å²) in [6, 6.07) is 44.0. The first-order valence-electron chi connectivity index (χ1n) is 12.5. The molecule has 0 aliphatic rings. The molecule has 0 atom stereocenters. The van der Waals surface area contributed by atoms with Crippen LogP contribution in [-0.4, -0.2) is 0 Å². The average molecular weight is 464 g/mol. The maximum absolute atomic E-state index is 2.40. The lowest BCUT2D eigenvalue weighted by Gasteiger charge is -2.29. The number of nitrogens with zero attached hydrogens (tertiary/aromatic N) is 1. The first kappa shape index (κ1) is 22.1. The van der Waals surface area contributed by atoms with Gasteiger partial charge in [0.05, 0.1) is 5.69 Å². The zero-order valence-electron chi connectivity index (χ0n) is 21.0. The number of para-hydroxylation sites is 1. The van der Waals surface area contributed by atoms with E-state index in [1.54, 1.807) is 0 Å². The molecule has 36 heavy (non-hydrogen) atoms. The van der Waals surface area contributed by atoms with Crippen molar-refractivity contribution in [2.45, 2.75) is 20.8 Å². The second-order valence-electron chi connectivity index (χ2n) is 9.62. The molecule has 0 unspecified atom stereocenters. The molecular formula is C35H29N. The summed E-state index contributed by atoms with van der Waals surface area (Å²) in [4.78, 5) is 2.40. The summed E-state index contributed by atoms with van der Waals surface area (Å²) in [5, 5.41) is 5.15. The second kappa shape index (κ2) is 9.02. The van der Waals surface area contributed by atoms with Gasteiger partial charge in [0.25, 0.3) is 0 Å². The van der Waals surface area contributed by atoms with Crippen molar-refractivity contribution in [3.05, 3.63) is 138 Å². The van der Waals surface area contributed by atoms with E-state index in [1.165, 1.54) is 55.0 Å². The van der Waals surface area contributed by atoms with E-state index in [2.05, 4.69) is 147 Å². The van der Waals surface area contributed by atoms with Crippen molar-refractivity contribution < 1.29 is 0 Å². The number of benzene rings is 6. The Morgan fingerprint density at radius 1 is 0.444 bits per heavy atom. The first-order valence-corrected chi connectivity index (χ1v) is 12.5. The molecule has 1 heteroatoms. The number of hydrogen-bond acceptors (Lipinski definition) is 1. The van der Waals surface area contributed by atoms with Gasteiger partial charge in [0.2, 0.25) is 0 Å². The summed E-state index contributed by atoms with van der Waals surface area (Å²) < 4.78 is 0. The molecule has 0 saturated carbocycles. The fourth-order valence-electron chi connectivity index (χ4n) is 5.45. The van der Waals surface area contributed by atoms with Crippen molar-refractivity contribution in [1.29, 1.82) is 0 Å². The Labute approximate surface area is 213 Å². The Morgan fingerprint density at radius 2 is 1.03 bits per heavy atom. The molecule has 0 amide bonds. The molecule has 0 spiro atoms. The van der Waals surface area contributed by atoms with Crippen LogP contribution in [0, 0.1) is 20.8 Å². The second-order valence-corrected chi connectivity index (χ2v) is 9.62. The van der Waals surface area contributed by atoms with Crippen LogP contribution in [0.15, 0.2) is 121 Å². The van der Waals surface area contributed by atoms with E-state index in [0.29, 0.717) is 0 Å². The average Bonchev–Trinajstić information content (AvgIpc) is 2.91. The molecule has 0 N–H and O–H groups in total. The van der Waals surface area contributed by atoms with Gasteiger partial charge < -0.3 is 4.90 Å². The number of rotatable bonds is 4. The van der Waals surface area contributed by atoms with Gasteiger partial charge in [-0.2, -0.15) is 0 Å². The quantitative estimate of drug-likeness (QED) is 0.251. The zero-order chi connectivity index (χ0) is 24.6. The van der Waals surface area contributed by atoms with E-state index < -0.39 is 0 Å². The number of aryl methyl sites for hydroxylation is 3. The van der Waals surface area contributed by atoms with Gasteiger partial charge in [-0.25, -0.2) is 0 Å². The number of anilines is 3. The minimum atomic E-state index is 1.15. The van der Waals surface area contributed by atoms with Gasteiger partial charge in [0.15, 0.2) is 0 Å². The molecule has 0 fully saturated rings.